The van der Waals surface area contributed by atoms with Crippen LogP contribution >= 0.6 is 20.2 Å². The van der Waals surface area contributed by atoms with Crippen molar-refractivity contribution in [1.29, 1.82) is 0 Å². The Morgan fingerprint density at radius 1 is 1.16 bits per heavy atom. The topological polar surface area (TPSA) is 26.3 Å². The van der Waals surface area contributed by atoms with Crippen LogP contribution < -0.4 is 10.0 Å². The van der Waals surface area contributed by atoms with E-state index in [9.17, 15) is 4.79 Å². The van der Waals surface area contributed by atoms with Gasteiger partial charge in [0.1, 0.15) is 5.75 Å². The molecule has 0 radical (unpaired) electrons. The van der Waals surface area contributed by atoms with Gasteiger partial charge in [-0.25, -0.2) is 0 Å². The number of rotatable bonds is 4. The Hall–Kier alpha value is -1.37. The SMILES string of the molecule is COc1ccc(PC(=O)c2c(C)cccc2Cl)cc1. The van der Waals surface area contributed by atoms with E-state index in [1.165, 1.54) is 0 Å². The van der Waals surface area contributed by atoms with Crippen LogP contribution in [0.15, 0.2) is 42.5 Å². The van der Waals surface area contributed by atoms with Crippen LogP contribution in [0.25, 0.3) is 0 Å². The lowest BCUT2D eigenvalue weighted by Crippen LogP contribution is -2.03. The maximum atomic E-state index is 12.3. The smallest absolute Gasteiger partial charge is 0.187 e. The van der Waals surface area contributed by atoms with Gasteiger partial charge >= 0.3 is 0 Å². The summed E-state index contributed by atoms with van der Waals surface area (Å²) in [5.74, 6) is 0.787. The third-order valence-electron chi connectivity index (χ3n) is 2.80. The minimum Gasteiger partial charge on any atom is -0.497 e. The van der Waals surface area contributed by atoms with Gasteiger partial charge in [-0.2, -0.15) is 0 Å². The van der Waals surface area contributed by atoms with E-state index in [0.717, 1.165) is 16.6 Å². The molecular weight excluding hydrogens is 279 g/mol. The molecule has 4 heteroatoms. The summed E-state index contributed by atoms with van der Waals surface area (Å²) in [6.45, 7) is 1.90. The van der Waals surface area contributed by atoms with Gasteiger partial charge in [-0.15, -0.1) is 0 Å². The summed E-state index contributed by atoms with van der Waals surface area (Å²) in [7, 11) is 1.69. The monoisotopic (exact) mass is 292 g/mol. The zero-order chi connectivity index (χ0) is 13.8. The minimum atomic E-state index is 0.0632. The van der Waals surface area contributed by atoms with Crippen molar-refractivity contribution in [3.05, 3.63) is 58.6 Å². The fourth-order valence-corrected chi connectivity index (χ4v) is 3.23. The molecule has 0 saturated heterocycles. The molecule has 2 rings (SSSR count). The van der Waals surface area contributed by atoms with Gasteiger partial charge in [0.15, 0.2) is 5.52 Å². The van der Waals surface area contributed by atoms with Gasteiger partial charge in [-0.05, 0) is 44.6 Å². The Morgan fingerprint density at radius 2 is 1.84 bits per heavy atom. The van der Waals surface area contributed by atoms with Gasteiger partial charge in [-0.1, -0.05) is 35.9 Å². The van der Waals surface area contributed by atoms with Gasteiger partial charge in [-0.3, -0.25) is 4.79 Å². The quantitative estimate of drug-likeness (QED) is 0.801. The number of hydrogen-bond donors (Lipinski definition) is 0. The molecule has 98 valence electrons. The highest BCUT2D eigenvalue weighted by atomic mass is 35.5. The number of benzene rings is 2. The van der Waals surface area contributed by atoms with E-state index in [0.29, 0.717) is 10.6 Å². The van der Waals surface area contributed by atoms with Gasteiger partial charge in [0, 0.05) is 5.56 Å². The molecule has 0 N–H and O–H groups in total. The Labute approximate surface area is 119 Å². The van der Waals surface area contributed by atoms with Crippen LogP contribution in [0.3, 0.4) is 0 Å². The number of halogens is 1. The van der Waals surface area contributed by atoms with E-state index in [4.69, 9.17) is 16.3 Å². The molecule has 1 atom stereocenters. The molecule has 0 aliphatic carbocycles. The predicted octanol–water partition coefficient (Wildman–Crippen LogP) is 3.80. The molecular formula is C15H14ClO2P. The molecule has 0 spiro atoms. The lowest BCUT2D eigenvalue weighted by molar-refractivity contribution is 0.108. The molecule has 0 aromatic heterocycles. The van der Waals surface area contributed by atoms with E-state index in [-0.39, 0.29) is 14.1 Å². The van der Waals surface area contributed by atoms with Crippen LogP contribution in [0.4, 0.5) is 0 Å². The van der Waals surface area contributed by atoms with Crippen molar-refractivity contribution in [2.45, 2.75) is 6.92 Å². The molecule has 0 bridgehead atoms. The van der Waals surface area contributed by atoms with E-state index in [1.807, 2.05) is 43.3 Å². The Bertz CT molecular complexity index is 573. The van der Waals surface area contributed by atoms with Crippen LogP contribution in [-0.4, -0.2) is 12.6 Å². The lowest BCUT2D eigenvalue weighted by Gasteiger charge is -2.07. The average molecular weight is 293 g/mol. The highest BCUT2D eigenvalue weighted by molar-refractivity contribution is 7.66. The largest absolute Gasteiger partial charge is 0.497 e. The van der Waals surface area contributed by atoms with Crippen molar-refractivity contribution in [2.75, 3.05) is 7.11 Å². The summed E-state index contributed by atoms with van der Waals surface area (Å²) in [5, 5.41) is 1.50. The zero-order valence-corrected chi connectivity index (χ0v) is 12.5. The standard InChI is InChI=1S/C15H14ClO2P/c1-10-4-3-5-13(16)14(10)15(17)19-12-8-6-11(18-2)7-9-12/h3-9,19H,1-2H3. The predicted molar refractivity (Wildman–Crippen MR) is 81.5 cm³/mol. The van der Waals surface area contributed by atoms with Crippen molar-refractivity contribution in [3.63, 3.8) is 0 Å². The number of aryl methyl sites for hydroxylation is 1. The van der Waals surface area contributed by atoms with Gasteiger partial charge in [0.05, 0.1) is 12.1 Å². The summed E-state index contributed by atoms with van der Waals surface area (Å²) in [5.41, 5.74) is 1.60. The number of ether oxygens (including phenoxy) is 1. The summed E-state index contributed by atoms with van der Waals surface area (Å²) >= 11 is 6.10. The second-order valence-electron chi connectivity index (χ2n) is 4.11. The second-order valence-corrected chi connectivity index (χ2v) is 5.80. The fraction of sp³-hybridized carbons (Fsp3) is 0.133. The van der Waals surface area contributed by atoms with Gasteiger partial charge in [0.2, 0.25) is 0 Å². The Kier molecular flexibility index (Phi) is 4.57. The van der Waals surface area contributed by atoms with E-state index in [2.05, 4.69) is 0 Å². The molecule has 0 saturated carbocycles. The first-order valence-electron chi connectivity index (χ1n) is 5.82. The van der Waals surface area contributed by atoms with Crippen LogP contribution in [0.2, 0.25) is 5.02 Å². The third kappa shape index (κ3) is 3.34. The molecule has 2 aromatic carbocycles. The molecule has 0 amide bonds. The maximum absolute atomic E-state index is 12.3. The number of carbonyl (C=O) groups excluding carboxylic acids is 1. The molecule has 0 aliphatic heterocycles. The first-order chi connectivity index (χ1) is 9.11. The average Bonchev–Trinajstić information content (AvgIpc) is 2.39. The molecule has 2 aromatic rings. The number of carbonyl (C=O) groups is 1. The number of methoxy groups -OCH3 is 1. The van der Waals surface area contributed by atoms with Crippen molar-refractivity contribution >= 4 is 31.0 Å². The van der Waals surface area contributed by atoms with Crippen LogP contribution in [0.1, 0.15) is 15.9 Å². The summed E-state index contributed by atoms with van der Waals surface area (Å²) in [6, 6.07) is 13.0. The molecule has 1 unspecified atom stereocenters. The summed E-state index contributed by atoms with van der Waals surface area (Å²) in [4.78, 5) is 12.3. The van der Waals surface area contributed by atoms with Gasteiger partial charge < -0.3 is 4.74 Å². The molecule has 0 fully saturated rings. The molecule has 0 aliphatic rings. The molecule has 0 heterocycles. The first-order valence-corrected chi connectivity index (χ1v) is 7.20. The summed E-state index contributed by atoms with van der Waals surface area (Å²) < 4.78 is 5.09. The van der Waals surface area contributed by atoms with Crippen molar-refractivity contribution in [3.8, 4) is 5.75 Å². The van der Waals surface area contributed by atoms with Crippen molar-refractivity contribution < 1.29 is 9.53 Å². The fourth-order valence-electron chi connectivity index (χ4n) is 1.79. The Morgan fingerprint density at radius 3 is 2.42 bits per heavy atom. The van der Waals surface area contributed by atoms with Crippen molar-refractivity contribution in [2.24, 2.45) is 0 Å². The normalized spacial score (nSPS) is 10.9. The highest BCUT2D eigenvalue weighted by Crippen LogP contribution is 2.27. The minimum absolute atomic E-state index is 0.0632. The van der Waals surface area contributed by atoms with E-state index < -0.39 is 0 Å². The van der Waals surface area contributed by atoms with Crippen LogP contribution in [0.5, 0.6) is 5.75 Å². The lowest BCUT2D eigenvalue weighted by atomic mass is 10.1. The first kappa shape index (κ1) is 14.0. The maximum Gasteiger partial charge on any atom is 0.187 e. The highest BCUT2D eigenvalue weighted by Gasteiger charge is 2.13. The molecule has 2 nitrogen and oxygen atoms in total. The van der Waals surface area contributed by atoms with Gasteiger partial charge in [0.25, 0.3) is 0 Å². The van der Waals surface area contributed by atoms with E-state index in [1.54, 1.807) is 13.2 Å². The molecule has 19 heavy (non-hydrogen) atoms. The van der Waals surface area contributed by atoms with Crippen LogP contribution in [0, 0.1) is 6.92 Å². The summed E-state index contributed by atoms with van der Waals surface area (Å²) in [6.07, 6.45) is 0. The van der Waals surface area contributed by atoms with Crippen molar-refractivity contribution in [1.82, 2.24) is 0 Å². The third-order valence-corrected chi connectivity index (χ3v) is 4.21. The zero-order valence-electron chi connectivity index (χ0n) is 10.7. The Balaban J connectivity index is 2.21. The van der Waals surface area contributed by atoms with Crippen LogP contribution in [-0.2, 0) is 0 Å². The second kappa shape index (κ2) is 6.18. The van der Waals surface area contributed by atoms with E-state index >= 15 is 0 Å². The number of hydrogen-bond acceptors (Lipinski definition) is 2.